The van der Waals surface area contributed by atoms with E-state index in [4.69, 9.17) is 27.8 Å². The van der Waals surface area contributed by atoms with E-state index in [1.165, 1.54) is 0 Å². The molecular formula is C11H17N9O3. The van der Waals surface area contributed by atoms with Gasteiger partial charge in [-0.15, -0.1) is 4.73 Å². The van der Waals surface area contributed by atoms with Crippen LogP contribution in [0, 0.1) is 0 Å². The van der Waals surface area contributed by atoms with Crippen molar-refractivity contribution in [1.29, 1.82) is 0 Å². The molecule has 0 bridgehead atoms. The van der Waals surface area contributed by atoms with E-state index in [1.54, 1.807) is 0 Å². The molecule has 0 aliphatic carbocycles. The van der Waals surface area contributed by atoms with Gasteiger partial charge in [0, 0.05) is 6.54 Å². The zero-order valence-electron chi connectivity index (χ0n) is 12.1. The molecule has 0 fully saturated rings. The minimum absolute atomic E-state index is 0.00618. The first-order valence-corrected chi connectivity index (χ1v) is 6.64. The summed E-state index contributed by atoms with van der Waals surface area (Å²) in [6.45, 7) is 0.352. The van der Waals surface area contributed by atoms with Crippen LogP contribution in [0.4, 0.5) is 5.95 Å². The van der Waals surface area contributed by atoms with E-state index >= 15 is 0 Å². The van der Waals surface area contributed by atoms with Gasteiger partial charge in [-0.2, -0.15) is 4.98 Å². The predicted molar refractivity (Wildman–Crippen MR) is 82.0 cm³/mol. The first-order valence-electron chi connectivity index (χ1n) is 6.64. The first-order chi connectivity index (χ1) is 10.9. The smallest absolute Gasteiger partial charge is 0.349 e. The average molecular weight is 323 g/mol. The van der Waals surface area contributed by atoms with E-state index in [2.05, 4.69) is 19.9 Å². The zero-order valence-corrected chi connectivity index (χ0v) is 12.1. The van der Waals surface area contributed by atoms with Crippen molar-refractivity contribution in [3.05, 3.63) is 16.7 Å². The molecule has 0 unspecified atom stereocenters. The quantitative estimate of drug-likeness (QED) is 0.209. The number of nitrogens with two attached hydrogens (primary N) is 4. The number of nitrogens with zero attached hydrogens (tertiary/aromatic N) is 4. The first kappa shape index (κ1) is 16.2. The van der Waals surface area contributed by atoms with Gasteiger partial charge in [0.1, 0.15) is 12.4 Å². The second-order valence-electron chi connectivity index (χ2n) is 4.66. The Morgan fingerprint density at radius 3 is 2.91 bits per heavy atom. The summed E-state index contributed by atoms with van der Waals surface area (Å²) in [5.41, 5.74) is 21.0. The monoisotopic (exact) mass is 323 g/mol. The van der Waals surface area contributed by atoms with Crippen molar-refractivity contribution in [2.45, 2.75) is 18.9 Å². The summed E-state index contributed by atoms with van der Waals surface area (Å²) in [5.74, 6) is -0.864. The van der Waals surface area contributed by atoms with E-state index in [1.807, 2.05) is 0 Å². The molecule has 2 aromatic rings. The van der Waals surface area contributed by atoms with Crippen molar-refractivity contribution in [2.24, 2.45) is 22.2 Å². The number of carbonyl (C=O) groups excluding carboxylic acids is 1. The molecule has 2 heterocycles. The average Bonchev–Trinajstić information content (AvgIpc) is 2.86. The number of anilines is 1. The number of aliphatic imine (C=N–C) groups is 1. The molecule has 124 valence electrons. The maximum atomic E-state index is 11.9. The highest BCUT2D eigenvalue weighted by Gasteiger charge is 2.18. The summed E-state index contributed by atoms with van der Waals surface area (Å²) in [6.07, 6.45) is 1.96. The Kier molecular flexibility index (Phi) is 4.75. The lowest BCUT2D eigenvalue weighted by Crippen LogP contribution is -2.37. The molecule has 0 aliphatic rings. The minimum Gasteiger partial charge on any atom is -0.370 e. The summed E-state index contributed by atoms with van der Waals surface area (Å²) in [5, 5.41) is 0. The van der Waals surface area contributed by atoms with E-state index in [-0.39, 0.29) is 23.1 Å². The van der Waals surface area contributed by atoms with Crippen molar-refractivity contribution < 1.29 is 9.63 Å². The number of H-pyrrole nitrogens is 1. The summed E-state index contributed by atoms with van der Waals surface area (Å²) in [6, 6.07) is -0.888. The maximum absolute atomic E-state index is 11.9. The summed E-state index contributed by atoms with van der Waals surface area (Å²) >= 11 is 0. The molecule has 0 aliphatic heterocycles. The van der Waals surface area contributed by atoms with Crippen LogP contribution in [0.3, 0.4) is 0 Å². The van der Waals surface area contributed by atoms with Gasteiger partial charge in [0.2, 0.25) is 11.6 Å². The number of guanidine groups is 1. The Morgan fingerprint density at radius 2 is 2.22 bits per heavy atom. The maximum Gasteiger partial charge on any atom is 0.349 e. The molecule has 0 amide bonds. The van der Waals surface area contributed by atoms with Gasteiger partial charge in [0.15, 0.2) is 11.5 Å². The molecule has 0 aromatic carbocycles. The molecule has 9 N–H and O–H groups in total. The van der Waals surface area contributed by atoms with Crippen molar-refractivity contribution in [3.8, 4) is 0 Å². The summed E-state index contributed by atoms with van der Waals surface area (Å²) in [4.78, 5) is 42.3. The Labute approximate surface area is 129 Å². The molecule has 12 nitrogen and oxygen atoms in total. The number of fused-ring (bicyclic) bond motifs is 1. The van der Waals surface area contributed by atoms with Crippen LogP contribution in [0.2, 0.25) is 0 Å². The van der Waals surface area contributed by atoms with Crippen LogP contribution in [0.25, 0.3) is 11.2 Å². The number of rotatable bonds is 6. The largest absolute Gasteiger partial charge is 0.370 e. The highest BCUT2D eigenvalue weighted by Crippen LogP contribution is 2.05. The number of nitrogens with one attached hydrogen (secondary N) is 1. The van der Waals surface area contributed by atoms with Gasteiger partial charge in [-0.1, -0.05) is 0 Å². The van der Waals surface area contributed by atoms with Gasteiger partial charge in [-0.05, 0) is 12.8 Å². The van der Waals surface area contributed by atoms with Gasteiger partial charge in [0.25, 0.3) is 5.56 Å². The van der Waals surface area contributed by atoms with Gasteiger partial charge in [-0.3, -0.25) is 14.8 Å². The SMILES string of the molecule is NC(N)=NCCC[C@H](N)C(=O)On1cnc2c(=O)[nH]c(N)nc21. The van der Waals surface area contributed by atoms with Crippen molar-refractivity contribution in [1.82, 2.24) is 19.7 Å². The lowest BCUT2D eigenvalue weighted by molar-refractivity contribution is -0.145. The Hall–Kier alpha value is -3.15. The van der Waals surface area contributed by atoms with E-state index in [0.717, 1.165) is 11.1 Å². The van der Waals surface area contributed by atoms with Crippen LogP contribution in [-0.4, -0.2) is 44.2 Å². The number of carbonyl (C=O) groups is 1. The number of hydrogen-bond donors (Lipinski definition) is 5. The molecule has 0 radical (unpaired) electrons. The Balaban J connectivity index is 2.03. The summed E-state index contributed by atoms with van der Waals surface area (Å²) < 4.78 is 0.944. The van der Waals surface area contributed by atoms with E-state index < -0.39 is 17.6 Å². The molecule has 2 rings (SSSR count). The van der Waals surface area contributed by atoms with Crippen molar-refractivity contribution in [2.75, 3.05) is 12.3 Å². The summed E-state index contributed by atoms with van der Waals surface area (Å²) in [7, 11) is 0. The Bertz CT molecular complexity index is 790. The second kappa shape index (κ2) is 6.74. The fraction of sp³-hybridized carbons (Fsp3) is 0.364. The van der Waals surface area contributed by atoms with Gasteiger partial charge in [-0.25, -0.2) is 9.78 Å². The molecule has 2 aromatic heterocycles. The van der Waals surface area contributed by atoms with Crippen LogP contribution in [-0.2, 0) is 4.79 Å². The standard InChI is InChI=1S/C11H17N9O3/c12-5(2-1-3-16-10(13)14)9(22)23-20-4-17-6-7(20)18-11(15)19-8(6)21/h4-5H,1-3,12H2,(H4,13,14,16)(H3,15,18,19,21)/t5-/m0/s1. The number of hydrogen-bond acceptors (Lipinski definition) is 8. The highest BCUT2D eigenvalue weighted by molar-refractivity contribution is 5.77. The molecule has 0 spiro atoms. The highest BCUT2D eigenvalue weighted by atomic mass is 16.7. The molecule has 1 atom stereocenters. The molecule has 0 saturated heterocycles. The second-order valence-corrected chi connectivity index (χ2v) is 4.66. The van der Waals surface area contributed by atoms with E-state index in [9.17, 15) is 9.59 Å². The number of nitrogen functional groups attached to an aromatic ring is 1. The zero-order chi connectivity index (χ0) is 17.0. The lowest BCUT2D eigenvalue weighted by atomic mass is 10.2. The molecule has 0 saturated carbocycles. The molecular weight excluding hydrogens is 306 g/mol. The normalized spacial score (nSPS) is 12.0. The topological polar surface area (TPSA) is 206 Å². The van der Waals surface area contributed by atoms with Crippen LogP contribution in [0.1, 0.15) is 12.8 Å². The number of imidazole rings is 1. The number of aromatic nitrogens is 4. The molecule has 12 heteroatoms. The minimum atomic E-state index is -0.888. The van der Waals surface area contributed by atoms with Crippen LogP contribution in [0.5, 0.6) is 0 Å². The van der Waals surface area contributed by atoms with Gasteiger partial charge in [0.05, 0.1) is 0 Å². The van der Waals surface area contributed by atoms with Gasteiger partial charge >= 0.3 is 5.97 Å². The number of aromatic amines is 1. The van der Waals surface area contributed by atoms with Crippen LogP contribution in [0.15, 0.2) is 16.1 Å². The van der Waals surface area contributed by atoms with E-state index in [0.29, 0.717) is 19.4 Å². The Morgan fingerprint density at radius 1 is 1.48 bits per heavy atom. The van der Waals surface area contributed by atoms with Crippen LogP contribution < -0.4 is 33.3 Å². The van der Waals surface area contributed by atoms with Crippen LogP contribution >= 0.6 is 0 Å². The van der Waals surface area contributed by atoms with Crippen molar-refractivity contribution in [3.63, 3.8) is 0 Å². The predicted octanol–water partition coefficient (Wildman–Crippen LogP) is -2.96. The fourth-order valence-corrected chi connectivity index (χ4v) is 1.78. The van der Waals surface area contributed by atoms with Crippen molar-refractivity contribution >= 4 is 29.0 Å². The van der Waals surface area contributed by atoms with Gasteiger partial charge < -0.3 is 27.8 Å². The lowest BCUT2D eigenvalue weighted by Gasteiger charge is -2.10. The third kappa shape index (κ3) is 3.94. The third-order valence-electron chi connectivity index (χ3n) is 2.85. The third-order valence-corrected chi connectivity index (χ3v) is 2.85. The molecule has 23 heavy (non-hydrogen) atoms. The fourth-order valence-electron chi connectivity index (χ4n) is 1.78.